The number of rotatable bonds is 5. The predicted molar refractivity (Wildman–Crippen MR) is 83.5 cm³/mol. The van der Waals surface area contributed by atoms with E-state index in [-0.39, 0.29) is 35.4 Å². The van der Waals surface area contributed by atoms with Gasteiger partial charge in [0, 0.05) is 17.4 Å². The van der Waals surface area contributed by atoms with Gasteiger partial charge in [0.25, 0.3) is 0 Å². The van der Waals surface area contributed by atoms with Crippen LogP contribution in [0.4, 0.5) is 0 Å². The molecule has 116 valence electrons. The van der Waals surface area contributed by atoms with Crippen molar-refractivity contribution in [2.24, 2.45) is 17.1 Å². The maximum atomic E-state index is 12.5. The van der Waals surface area contributed by atoms with Gasteiger partial charge in [0.05, 0.1) is 12.2 Å². The van der Waals surface area contributed by atoms with Crippen molar-refractivity contribution in [1.29, 1.82) is 0 Å². The number of ketones is 1. The van der Waals surface area contributed by atoms with Crippen molar-refractivity contribution in [2.75, 3.05) is 0 Å². The van der Waals surface area contributed by atoms with E-state index in [1.54, 1.807) is 0 Å². The third-order valence-corrected chi connectivity index (χ3v) is 4.25. The number of hydrogen-bond donors (Lipinski definition) is 1. The minimum atomic E-state index is -0.356. The van der Waals surface area contributed by atoms with Crippen molar-refractivity contribution >= 4 is 5.78 Å². The number of nitrogens with two attached hydrogens (primary N) is 1. The van der Waals surface area contributed by atoms with Gasteiger partial charge in [-0.2, -0.15) is 0 Å². The standard InChI is InChI=1S/C17H31NO2/c1-7-13(8-2)20-15-10-12(9-14(18)11(15)3)16(19)17(4,5)6/h10-11,13-15H,7-9,18H2,1-6H3/t11-,14+,15-/m1/s1. The maximum absolute atomic E-state index is 12.5. The summed E-state index contributed by atoms with van der Waals surface area (Å²) < 4.78 is 6.16. The van der Waals surface area contributed by atoms with Crippen LogP contribution in [0, 0.1) is 11.3 Å². The van der Waals surface area contributed by atoms with E-state index >= 15 is 0 Å². The first-order valence-corrected chi connectivity index (χ1v) is 7.87. The number of hydrogen-bond acceptors (Lipinski definition) is 3. The Balaban J connectivity index is 2.94. The maximum Gasteiger partial charge on any atom is 0.163 e. The Morgan fingerprint density at radius 2 is 1.95 bits per heavy atom. The summed E-state index contributed by atoms with van der Waals surface area (Å²) in [5.74, 6) is 0.449. The SMILES string of the molecule is CCC(CC)O[C@@H]1C=C(C(=O)C(C)(C)C)C[C@H](N)[C@H]1C. The molecule has 2 N–H and O–H groups in total. The van der Waals surface area contributed by atoms with Crippen LogP contribution < -0.4 is 5.73 Å². The molecule has 0 aromatic heterocycles. The van der Waals surface area contributed by atoms with Gasteiger partial charge in [-0.05, 0) is 30.9 Å². The Kier molecular flexibility index (Phi) is 5.96. The van der Waals surface area contributed by atoms with Crippen molar-refractivity contribution in [1.82, 2.24) is 0 Å². The van der Waals surface area contributed by atoms with Gasteiger partial charge in [0.1, 0.15) is 0 Å². The minimum Gasteiger partial charge on any atom is -0.371 e. The molecule has 0 aromatic carbocycles. The van der Waals surface area contributed by atoms with Crippen molar-refractivity contribution < 1.29 is 9.53 Å². The van der Waals surface area contributed by atoms with Gasteiger partial charge in [0.15, 0.2) is 5.78 Å². The third kappa shape index (κ3) is 4.16. The van der Waals surface area contributed by atoms with Gasteiger partial charge >= 0.3 is 0 Å². The summed E-state index contributed by atoms with van der Waals surface area (Å²) in [5, 5.41) is 0. The molecule has 0 aromatic rings. The molecule has 0 fully saturated rings. The van der Waals surface area contributed by atoms with Crippen LogP contribution in [0.15, 0.2) is 11.6 Å². The van der Waals surface area contributed by atoms with Crippen LogP contribution in [-0.4, -0.2) is 24.0 Å². The quantitative estimate of drug-likeness (QED) is 0.839. The first kappa shape index (κ1) is 17.4. The summed E-state index contributed by atoms with van der Waals surface area (Å²) in [5.41, 5.74) is 6.72. The Bertz CT molecular complexity index is 364. The molecule has 0 saturated carbocycles. The summed E-state index contributed by atoms with van der Waals surface area (Å²) in [4.78, 5) is 12.5. The molecule has 1 rings (SSSR count). The van der Waals surface area contributed by atoms with Crippen molar-refractivity contribution in [2.45, 2.75) is 79.1 Å². The first-order chi connectivity index (χ1) is 9.20. The molecule has 3 nitrogen and oxygen atoms in total. The second kappa shape index (κ2) is 6.86. The van der Waals surface area contributed by atoms with Crippen LogP contribution in [0.2, 0.25) is 0 Å². The second-order valence-corrected chi connectivity index (χ2v) is 7.04. The topological polar surface area (TPSA) is 52.3 Å². The summed E-state index contributed by atoms with van der Waals surface area (Å²) in [6, 6.07) is 0.000613. The fourth-order valence-electron chi connectivity index (χ4n) is 2.62. The van der Waals surface area contributed by atoms with E-state index in [1.807, 2.05) is 26.8 Å². The van der Waals surface area contributed by atoms with Crippen LogP contribution in [-0.2, 0) is 9.53 Å². The molecule has 0 bridgehead atoms. The summed E-state index contributed by atoms with van der Waals surface area (Å²) in [6.45, 7) is 12.2. The summed E-state index contributed by atoms with van der Waals surface area (Å²) in [6.07, 6.45) is 4.89. The molecule has 0 amide bonds. The highest BCUT2D eigenvalue weighted by molar-refractivity contribution is 5.99. The largest absolute Gasteiger partial charge is 0.371 e. The molecule has 0 aliphatic heterocycles. The molecule has 0 radical (unpaired) electrons. The zero-order valence-corrected chi connectivity index (χ0v) is 13.9. The molecule has 3 atom stereocenters. The number of carbonyl (C=O) groups excluding carboxylic acids is 1. The Hall–Kier alpha value is -0.670. The minimum absolute atomic E-state index is 0.000613. The fraction of sp³-hybridized carbons (Fsp3) is 0.824. The highest BCUT2D eigenvalue weighted by atomic mass is 16.5. The highest BCUT2D eigenvalue weighted by Crippen LogP contribution is 2.31. The summed E-state index contributed by atoms with van der Waals surface area (Å²) >= 11 is 0. The zero-order valence-electron chi connectivity index (χ0n) is 13.9. The molecule has 20 heavy (non-hydrogen) atoms. The second-order valence-electron chi connectivity index (χ2n) is 7.04. The van der Waals surface area contributed by atoms with Crippen LogP contribution in [0.3, 0.4) is 0 Å². The van der Waals surface area contributed by atoms with E-state index in [2.05, 4.69) is 20.8 Å². The van der Waals surface area contributed by atoms with E-state index < -0.39 is 0 Å². The lowest BCUT2D eigenvalue weighted by Crippen LogP contribution is -2.43. The van der Waals surface area contributed by atoms with E-state index in [0.717, 1.165) is 18.4 Å². The van der Waals surface area contributed by atoms with Gasteiger partial charge < -0.3 is 10.5 Å². The van der Waals surface area contributed by atoms with E-state index in [4.69, 9.17) is 10.5 Å². The third-order valence-electron chi connectivity index (χ3n) is 4.25. The molecular formula is C17H31NO2. The molecule has 0 unspecified atom stereocenters. The lowest BCUT2D eigenvalue weighted by molar-refractivity contribution is -0.123. The van der Waals surface area contributed by atoms with Crippen LogP contribution >= 0.6 is 0 Å². The lowest BCUT2D eigenvalue weighted by Gasteiger charge is -2.35. The Morgan fingerprint density at radius 1 is 1.40 bits per heavy atom. The molecule has 0 saturated heterocycles. The zero-order chi connectivity index (χ0) is 15.5. The van der Waals surface area contributed by atoms with Crippen molar-refractivity contribution in [3.63, 3.8) is 0 Å². The number of ether oxygens (including phenoxy) is 1. The molecule has 0 spiro atoms. The molecule has 1 aliphatic rings. The molecule has 0 heterocycles. The fourth-order valence-corrected chi connectivity index (χ4v) is 2.62. The Labute approximate surface area is 123 Å². The monoisotopic (exact) mass is 281 g/mol. The van der Waals surface area contributed by atoms with Crippen LogP contribution in [0.25, 0.3) is 0 Å². The van der Waals surface area contributed by atoms with Gasteiger partial charge in [-0.25, -0.2) is 0 Å². The average molecular weight is 281 g/mol. The molecule has 1 aliphatic carbocycles. The molecule has 3 heteroatoms. The number of carbonyl (C=O) groups is 1. The Morgan fingerprint density at radius 3 is 2.40 bits per heavy atom. The van der Waals surface area contributed by atoms with E-state index in [1.165, 1.54) is 0 Å². The number of Topliss-reactive ketones (excluding diaryl/α,β-unsaturated/α-hetero) is 1. The van der Waals surface area contributed by atoms with Crippen molar-refractivity contribution in [3.05, 3.63) is 11.6 Å². The van der Waals surface area contributed by atoms with Gasteiger partial charge in [0.2, 0.25) is 0 Å². The van der Waals surface area contributed by atoms with Crippen molar-refractivity contribution in [3.8, 4) is 0 Å². The first-order valence-electron chi connectivity index (χ1n) is 7.87. The smallest absolute Gasteiger partial charge is 0.163 e. The van der Waals surface area contributed by atoms with Gasteiger partial charge in [-0.15, -0.1) is 0 Å². The average Bonchev–Trinajstić information content (AvgIpc) is 2.38. The van der Waals surface area contributed by atoms with E-state index in [0.29, 0.717) is 6.42 Å². The van der Waals surface area contributed by atoms with Gasteiger partial charge in [-0.3, -0.25) is 4.79 Å². The predicted octanol–water partition coefficient (Wildman–Crippen LogP) is 3.47. The highest BCUT2D eigenvalue weighted by Gasteiger charge is 2.34. The van der Waals surface area contributed by atoms with E-state index in [9.17, 15) is 4.79 Å². The summed E-state index contributed by atoms with van der Waals surface area (Å²) in [7, 11) is 0. The van der Waals surface area contributed by atoms with Crippen LogP contribution in [0.5, 0.6) is 0 Å². The van der Waals surface area contributed by atoms with Crippen LogP contribution in [0.1, 0.15) is 60.8 Å². The normalized spacial score (nSPS) is 27.6. The van der Waals surface area contributed by atoms with Gasteiger partial charge in [-0.1, -0.05) is 41.5 Å². The lowest BCUT2D eigenvalue weighted by atomic mass is 9.77. The molecular weight excluding hydrogens is 250 g/mol.